The Bertz CT molecular complexity index is 606. The van der Waals surface area contributed by atoms with Crippen LogP contribution in [-0.4, -0.2) is 37.5 Å². The Morgan fingerprint density at radius 3 is 2.38 bits per heavy atom. The van der Waals surface area contributed by atoms with E-state index in [0.717, 1.165) is 25.6 Å². The number of hydrogen-bond donors (Lipinski definition) is 1. The Morgan fingerprint density at radius 1 is 1.17 bits per heavy atom. The zero-order valence-electron chi connectivity index (χ0n) is 14.4. The average Bonchev–Trinajstić information content (AvgIpc) is 3.17. The third-order valence-corrected chi connectivity index (χ3v) is 6.26. The number of benzene rings is 1. The van der Waals surface area contributed by atoms with E-state index in [9.17, 15) is 4.39 Å². The fourth-order valence-corrected chi connectivity index (χ4v) is 4.30. The molecule has 1 aromatic carbocycles. The van der Waals surface area contributed by atoms with E-state index in [4.69, 9.17) is 0 Å². The van der Waals surface area contributed by atoms with Gasteiger partial charge in [-0.2, -0.15) is 0 Å². The predicted molar refractivity (Wildman–Crippen MR) is 107 cm³/mol. The SMILES string of the molecule is CN=C(NCC1(c2ccc(F)cc2)CC1)N1CCC2(CCC2)C1.I. The third kappa shape index (κ3) is 3.28. The monoisotopic (exact) mass is 443 g/mol. The van der Waals surface area contributed by atoms with Gasteiger partial charge in [-0.1, -0.05) is 18.6 Å². The normalized spacial score (nSPS) is 23.6. The number of rotatable bonds is 3. The highest BCUT2D eigenvalue weighted by atomic mass is 127. The summed E-state index contributed by atoms with van der Waals surface area (Å²) in [5, 5.41) is 3.60. The van der Waals surface area contributed by atoms with Crippen LogP contribution in [0.3, 0.4) is 0 Å². The molecule has 1 saturated heterocycles. The van der Waals surface area contributed by atoms with Gasteiger partial charge < -0.3 is 10.2 Å². The molecular formula is C19H27FIN3. The van der Waals surface area contributed by atoms with Gasteiger partial charge in [-0.05, 0) is 55.2 Å². The highest BCUT2D eigenvalue weighted by Crippen LogP contribution is 2.49. The van der Waals surface area contributed by atoms with E-state index in [2.05, 4.69) is 15.2 Å². The van der Waals surface area contributed by atoms with Gasteiger partial charge in [0.2, 0.25) is 0 Å². The van der Waals surface area contributed by atoms with Gasteiger partial charge in [0, 0.05) is 32.1 Å². The maximum atomic E-state index is 13.1. The first-order valence-corrected chi connectivity index (χ1v) is 8.87. The van der Waals surface area contributed by atoms with Crippen LogP contribution in [-0.2, 0) is 5.41 Å². The lowest BCUT2D eigenvalue weighted by atomic mass is 9.68. The molecule has 132 valence electrons. The molecule has 1 spiro atoms. The van der Waals surface area contributed by atoms with Crippen LogP contribution in [0.4, 0.5) is 4.39 Å². The van der Waals surface area contributed by atoms with Gasteiger partial charge in [0.25, 0.3) is 0 Å². The molecule has 1 N–H and O–H groups in total. The molecule has 2 aliphatic carbocycles. The van der Waals surface area contributed by atoms with Crippen LogP contribution in [0.5, 0.6) is 0 Å². The minimum atomic E-state index is -0.156. The number of halogens is 2. The summed E-state index contributed by atoms with van der Waals surface area (Å²) >= 11 is 0. The number of hydrogen-bond acceptors (Lipinski definition) is 1. The van der Waals surface area contributed by atoms with Gasteiger partial charge in [-0.25, -0.2) is 4.39 Å². The van der Waals surface area contributed by atoms with E-state index >= 15 is 0 Å². The first-order valence-electron chi connectivity index (χ1n) is 8.87. The highest BCUT2D eigenvalue weighted by Gasteiger charge is 2.46. The molecule has 2 saturated carbocycles. The van der Waals surface area contributed by atoms with Crippen LogP contribution in [0, 0.1) is 11.2 Å². The van der Waals surface area contributed by atoms with Crippen LogP contribution >= 0.6 is 24.0 Å². The second-order valence-electron chi connectivity index (χ2n) is 7.71. The molecular weight excluding hydrogens is 416 g/mol. The smallest absolute Gasteiger partial charge is 0.193 e. The highest BCUT2D eigenvalue weighted by molar-refractivity contribution is 14.0. The number of likely N-dealkylation sites (tertiary alicyclic amines) is 1. The molecule has 0 radical (unpaired) electrons. The second kappa shape index (κ2) is 6.81. The molecule has 0 unspecified atom stereocenters. The number of guanidine groups is 1. The van der Waals surface area contributed by atoms with Gasteiger partial charge in [-0.15, -0.1) is 24.0 Å². The lowest BCUT2D eigenvalue weighted by Gasteiger charge is -2.38. The van der Waals surface area contributed by atoms with Crippen LogP contribution in [0.15, 0.2) is 29.3 Å². The summed E-state index contributed by atoms with van der Waals surface area (Å²) in [6.07, 6.45) is 7.84. The maximum Gasteiger partial charge on any atom is 0.193 e. The Balaban J connectivity index is 0.00000169. The number of aliphatic imine (C=N–C) groups is 1. The van der Waals surface area contributed by atoms with Gasteiger partial charge >= 0.3 is 0 Å². The quantitative estimate of drug-likeness (QED) is 0.436. The van der Waals surface area contributed by atoms with E-state index in [1.807, 2.05) is 19.2 Å². The first kappa shape index (κ1) is 18.0. The van der Waals surface area contributed by atoms with Crippen molar-refractivity contribution >= 4 is 29.9 Å². The molecule has 4 rings (SSSR count). The maximum absolute atomic E-state index is 13.1. The molecule has 0 atom stereocenters. The van der Waals surface area contributed by atoms with Crippen molar-refractivity contribution in [2.24, 2.45) is 10.4 Å². The minimum Gasteiger partial charge on any atom is -0.355 e. The van der Waals surface area contributed by atoms with Crippen molar-refractivity contribution in [3.63, 3.8) is 0 Å². The molecule has 3 fully saturated rings. The van der Waals surface area contributed by atoms with Gasteiger partial charge in [-0.3, -0.25) is 4.99 Å². The largest absolute Gasteiger partial charge is 0.355 e. The van der Waals surface area contributed by atoms with Crippen LogP contribution < -0.4 is 5.32 Å². The molecule has 0 aromatic heterocycles. The molecule has 1 heterocycles. The molecule has 1 aromatic rings. The molecule has 0 bridgehead atoms. The Hall–Kier alpha value is -0.850. The first-order chi connectivity index (χ1) is 11.1. The molecule has 1 aliphatic heterocycles. The van der Waals surface area contributed by atoms with E-state index in [1.165, 1.54) is 44.1 Å². The van der Waals surface area contributed by atoms with Crippen molar-refractivity contribution in [3.8, 4) is 0 Å². The fourth-order valence-electron chi connectivity index (χ4n) is 4.30. The summed E-state index contributed by atoms with van der Waals surface area (Å²) in [4.78, 5) is 6.93. The zero-order chi connectivity index (χ0) is 15.9. The van der Waals surface area contributed by atoms with E-state index in [0.29, 0.717) is 5.41 Å². The van der Waals surface area contributed by atoms with Gasteiger partial charge in [0.15, 0.2) is 5.96 Å². The summed E-state index contributed by atoms with van der Waals surface area (Å²) in [7, 11) is 1.88. The van der Waals surface area contributed by atoms with Crippen molar-refractivity contribution in [2.75, 3.05) is 26.7 Å². The van der Waals surface area contributed by atoms with E-state index < -0.39 is 0 Å². The fraction of sp³-hybridized carbons (Fsp3) is 0.632. The summed E-state index contributed by atoms with van der Waals surface area (Å²) in [6.45, 7) is 3.19. The lowest BCUT2D eigenvalue weighted by Crippen LogP contribution is -2.44. The standard InChI is InChI=1S/C19H26FN3.HI/c1-21-17(23-12-11-18(14-23)7-2-8-18)22-13-19(9-10-19)15-3-5-16(20)6-4-15;/h3-6H,2,7-14H2,1H3,(H,21,22);1H. The van der Waals surface area contributed by atoms with Gasteiger partial charge in [0.1, 0.15) is 5.82 Å². The Labute approximate surface area is 161 Å². The average molecular weight is 443 g/mol. The van der Waals surface area contributed by atoms with Crippen molar-refractivity contribution in [3.05, 3.63) is 35.6 Å². The van der Waals surface area contributed by atoms with E-state index in [-0.39, 0.29) is 35.2 Å². The molecule has 24 heavy (non-hydrogen) atoms. The molecule has 0 amide bonds. The number of nitrogens with zero attached hydrogens (tertiary/aromatic N) is 2. The topological polar surface area (TPSA) is 27.6 Å². The van der Waals surface area contributed by atoms with Crippen molar-refractivity contribution in [2.45, 2.75) is 43.9 Å². The predicted octanol–water partition coefficient (Wildman–Crippen LogP) is 3.93. The minimum absolute atomic E-state index is 0. The van der Waals surface area contributed by atoms with Gasteiger partial charge in [0.05, 0.1) is 0 Å². The Morgan fingerprint density at radius 2 is 1.88 bits per heavy atom. The molecule has 3 aliphatic rings. The molecule has 5 heteroatoms. The zero-order valence-corrected chi connectivity index (χ0v) is 16.7. The number of nitrogens with one attached hydrogen (secondary N) is 1. The lowest BCUT2D eigenvalue weighted by molar-refractivity contribution is 0.151. The summed E-state index contributed by atoms with van der Waals surface area (Å²) in [5.41, 5.74) is 2.02. The third-order valence-electron chi connectivity index (χ3n) is 6.26. The van der Waals surface area contributed by atoms with Crippen molar-refractivity contribution in [1.82, 2.24) is 10.2 Å². The summed E-state index contributed by atoms with van der Waals surface area (Å²) < 4.78 is 13.1. The van der Waals surface area contributed by atoms with E-state index in [1.54, 1.807) is 12.1 Å². The Kier molecular flexibility index (Phi) is 5.09. The van der Waals surface area contributed by atoms with Crippen LogP contribution in [0.1, 0.15) is 44.1 Å². The summed E-state index contributed by atoms with van der Waals surface area (Å²) in [6, 6.07) is 7.02. The second-order valence-corrected chi connectivity index (χ2v) is 7.71. The van der Waals surface area contributed by atoms with Crippen molar-refractivity contribution < 1.29 is 4.39 Å². The van der Waals surface area contributed by atoms with Crippen molar-refractivity contribution in [1.29, 1.82) is 0 Å². The summed E-state index contributed by atoms with van der Waals surface area (Å²) in [5.74, 6) is 0.887. The molecule has 3 nitrogen and oxygen atoms in total. The van der Waals surface area contributed by atoms with Crippen LogP contribution in [0.25, 0.3) is 0 Å². The van der Waals surface area contributed by atoms with Crippen LogP contribution in [0.2, 0.25) is 0 Å².